The van der Waals surface area contributed by atoms with E-state index < -0.39 is 0 Å². The molecule has 1 N–H and O–H groups in total. The van der Waals surface area contributed by atoms with E-state index in [1.807, 2.05) is 42.3 Å². The molecule has 0 radical (unpaired) electrons. The number of carbonyl (C=O) groups excluding carboxylic acids is 1. The molecule has 0 aliphatic rings. The highest BCUT2D eigenvalue weighted by Crippen LogP contribution is 2.23. The van der Waals surface area contributed by atoms with E-state index >= 15 is 0 Å². The summed E-state index contributed by atoms with van der Waals surface area (Å²) in [7, 11) is 3.48. The molecule has 2 aromatic carbocycles. The molecule has 2 rings (SSSR count). The molecule has 4 nitrogen and oxygen atoms in total. The fraction of sp³-hybridized carbons (Fsp3) is 0.278. The molecule has 0 unspecified atom stereocenters. The molecule has 0 heterocycles. The second kappa shape index (κ2) is 8.92. The van der Waals surface area contributed by atoms with E-state index in [1.165, 1.54) is 0 Å². The molecule has 0 fully saturated rings. The van der Waals surface area contributed by atoms with Gasteiger partial charge in [0.05, 0.1) is 13.7 Å². The first-order valence-corrected chi connectivity index (χ1v) is 8.26. The number of rotatable bonds is 7. The van der Waals surface area contributed by atoms with Crippen LogP contribution in [-0.4, -0.2) is 31.5 Å². The standard InChI is InChI=1S/C18H20Cl2N2O2/c1-22(11-14-9-15(19)7-8-17(14)24-2)12-18(23)21-10-13-5-3-4-6-16(13)20/h3-9H,10-12H2,1-2H3,(H,21,23). The first kappa shape index (κ1) is 18.6. The maximum Gasteiger partial charge on any atom is 0.234 e. The lowest BCUT2D eigenvalue weighted by atomic mass is 10.2. The zero-order valence-corrected chi connectivity index (χ0v) is 15.2. The van der Waals surface area contributed by atoms with Gasteiger partial charge in [0.25, 0.3) is 0 Å². The molecule has 0 bridgehead atoms. The number of nitrogens with zero attached hydrogens (tertiary/aromatic N) is 1. The van der Waals surface area contributed by atoms with Crippen LogP contribution in [0.1, 0.15) is 11.1 Å². The van der Waals surface area contributed by atoms with Crippen LogP contribution in [0.5, 0.6) is 5.75 Å². The number of methoxy groups -OCH3 is 1. The first-order valence-electron chi connectivity index (χ1n) is 7.50. The number of ether oxygens (including phenoxy) is 1. The number of hydrogen-bond acceptors (Lipinski definition) is 3. The lowest BCUT2D eigenvalue weighted by molar-refractivity contribution is -0.122. The molecule has 6 heteroatoms. The van der Waals surface area contributed by atoms with Gasteiger partial charge in [-0.25, -0.2) is 0 Å². The van der Waals surface area contributed by atoms with Crippen LogP contribution in [0.2, 0.25) is 10.0 Å². The number of benzene rings is 2. The highest BCUT2D eigenvalue weighted by molar-refractivity contribution is 6.31. The predicted octanol–water partition coefficient (Wildman–Crippen LogP) is 3.75. The van der Waals surface area contributed by atoms with Crippen molar-refractivity contribution in [2.75, 3.05) is 20.7 Å². The van der Waals surface area contributed by atoms with Crippen molar-refractivity contribution in [1.82, 2.24) is 10.2 Å². The molecular weight excluding hydrogens is 347 g/mol. The van der Waals surface area contributed by atoms with Crippen molar-refractivity contribution >= 4 is 29.1 Å². The van der Waals surface area contributed by atoms with Crippen LogP contribution in [0.4, 0.5) is 0 Å². The van der Waals surface area contributed by atoms with Gasteiger partial charge in [-0.15, -0.1) is 0 Å². The van der Waals surface area contributed by atoms with Crippen LogP contribution < -0.4 is 10.1 Å². The van der Waals surface area contributed by atoms with Gasteiger partial charge in [-0.1, -0.05) is 41.4 Å². The average Bonchev–Trinajstić information content (AvgIpc) is 2.54. The number of hydrogen-bond donors (Lipinski definition) is 1. The predicted molar refractivity (Wildman–Crippen MR) is 97.6 cm³/mol. The van der Waals surface area contributed by atoms with Crippen molar-refractivity contribution in [2.45, 2.75) is 13.1 Å². The Hall–Kier alpha value is -1.75. The van der Waals surface area contributed by atoms with Gasteiger partial charge in [-0.05, 0) is 36.9 Å². The highest BCUT2D eigenvalue weighted by Gasteiger charge is 2.11. The van der Waals surface area contributed by atoms with Crippen LogP contribution in [0, 0.1) is 0 Å². The third kappa shape index (κ3) is 5.41. The largest absolute Gasteiger partial charge is 0.496 e. The molecular formula is C18H20Cl2N2O2. The van der Waals surface area contributed by atoms with E-state index in [1.54, 1.807) is 19.2 Å². The second-order valence-corrected chi connectivity index (χ2v) is 6.34. The summed E-state index contributed by atoms with van der Waals surface area (Å²) in [6.07, 6.45) is 0. The van der Waals surface area contributed by atoms with Crippen LogP contribution in [-0.2, 0) is 17.9 Å². The van der Waals surface area contributed by atoms with Crippen LogP contribution in [0.25, 0.3) is 0 Å². The van der Waals surface area contributed by atoms with Gasteiger partial charge in [0, 0.05) is 28.7 Å². The smallest absolute Gasteiger partial charge is 0.234 e. The summed E-state index contributed by atoms with van der Waals surface area (Å²) in [5.41, 5.74) is 1.83. The third-order valence-corrected chi connectivity index (χ3v) is 4.13. The number of amides is 1. The fourth-order valence-electron chi connectivity index (χ4n) is 2.35. The fourth-order valence-corrected chi connectivity index (χ4v) is 2.75. The van der Waals surface area contributed by atoms with E-state index in [2.05, 4.69) is 5.32 Å². The quantitative estimate of drug-likeness (QED) is 0.811. The van der Waals surface area contributed by atoms with Crippen molar-refractivity contribution < 1.29 is 9.53 Å². The van der Waals surface area contributed by atoms with E-state index in [4.69, 9.17) is 27.9 Å². The van der Waals surface area contributed by atoms with Gasteiger partial charge >= 0.3 is 0 Å². The van der Waals surface area contributed by atoms with Crippen molar-refractivity contribution in [1.29, 1.82) is 0 Å². The van der Waals surface area contributed by atoms with Crippen molar-refractivity contribution in [3.05, 3.63) is 63.6 Å². The summed E-state index contributed by atoms with van der Waals surface area (Å²) >= 11 is 12.1. The molecule has 0 spiro atoms. The van der Waals surface area contributed by atoms with E-state index in [9.17, 15) is 4.79 Å². The Balaban J connectivity index is 1.88. The topological polar surface area (TPSA) is 41.6 Å². The zero-order valence-electron chi connectivity index (χ0n) is 13.7. The Morgan fingerprint density at radius 3 is 2.62 bits per heavy atom. The van der Waals surface area contributed by atoms with Crippen molar-refractivity contribution in [3.63, 3.8) is 0 Å². The molecule has 24 heavy (non-hydrogen) atoms. The minimum absolute atomic E-state index is 0.0709. The monoisotopic (exact) mass is 366 g/mol. The maximum absolute atomic E-state index is 12.1. The Bertz CT molecular complexity index is 707. The summed E-state index contributed by atoms with van der Waals surface area (Å²) in [5, 5.41) is 4.16. The lowest BCUT2D eigenvalue weighted by Gasteiger charge is -2.18. The van der Waals surface area contributed by atoms with Crippen LogP contribution in [0.15, 0.2) is 42.5 Å². The molecule has 0 saturated carbocycles. The van der Waals surface area contributed by atoms with Gasteiger partial charge in [0.15, 0.2) is 0 Å². The summed E-state index contributed by atoms with van der Waals surface area (Å²) in [4.78, 5) is 14.0. The highest BCUT2D eigenvalue weighted by atomic mass is 35.5. The van der Waals surface area contributed by atoms with E-state index in [0.29, 0.717) is 23.1 Å². The number of halogens is 2. The van der Waals surface area contributed by atoms with Gasteiger partial charge in [0.2, 0.25) is 5.91 Å². The molecule has 1 amide bonds. The SMILES string of the molecule is COc1ccc(Cl)cc1CN(C)CC(=O)NCc1ccccc1Cl. The normalized spacial score (nSPS) is 10.7. The van der Waals surface area contributed by atoms with Crippen LogP contribution in [0.3, 0.4) is 0 Å². The first-order chi connectivity index (χ1) is 11.5. The van der Waals surface area contributed by atoms with E-state index in [-0.39, 0.29) is 12.5 Å². The molecule has 128 valence electrons. The molecule has 0 aromatic heterocycles. The van der Waals surface area contributed by atoms with Gasteiger partial charge in [0.1, 0.15) is 5.75 Å². The Morgan fingerprint density at radius 1 is 1.17 bits per heavy atom. The summed E-state index contributed by atoms with van der Waals surface area (Å²) in [6, 6.07) is 12.9. The molecule has 0 atom stereocenters. The number of carbonyl (C=O) groups is 1. The van der Waals surface area contributed by atoms with Crippen molar-refractivity contribution in [2.24, 2.45) is 0 Å². The van der Waals surface area contributed by atoms with Gasteiger partial charge < -0.3 is 10.1 Å². The van der Waals surface area contributed by atoms with Crippen LogP contribution >= 0.6 is 23.2 Å². The van der Waals surface area contributed by atoms with E-state index in [0.717, 1.165) is 16.9 Å². The minimum Gasteiger partial charge on any atom is -0.496 e. The molecule has 0 aliphatic heterocycles. The Labute approximate surface area is 152 Å². The Morgan fingerprint density at radius 2 is 1.92 bits per heavy atom. The number of likely N-dealkylation sites (N-methyl/N-ethyl adjacent to an activating group) is 1. The molecule has 2 aromatic rings. The average molecular weight is 367 g/mol. The third-order valence-electron chi connectivity index (χ3n) is 3.53. The molecule has 0 aliphatic carbocycles. The molecule has 0 saturated heterocycles. The van der Waals surface area contributed by atoms with Crippen molar-refractivity contribution in [3.8, 4) is 5.75 Å². The van der Waals surface area contributed by atoms with Gasteiger partial charge in [-0.3, -0.25) is 9.69 Å². The minimum atomic E-state index is -0.0709. The lowest BCUT2D eigenvalue weighted by Crippen LogP contribution is -2.34. The maximum atomic E-state index is 12.1. The summed E-state index contributed by atoms with van der Waals surface area (Å²) < 4.78 is 5.32. The summed E-state index contributed by atoms with van der Waals surface area (Å²) in [5.74, 6) is 0.682. The second-order valence-electron chi connectivity index (χ2n) is 5.50. The van der Waals surface area contributed by atoms with Gasteiger partial charge in [-0.2, -0.15) is 0 Å². The summed E-state index contributed by atoms with van der Waals surface area (Å²) in [6.45, 7) is 1.23. The number of nitrogens with one attached hydrogen (secondary N) is 1. The Kier molecular flexibility index (Phi) is 6.91. The zero-order chi connectivity index (χ0) is 17.5.